The number of benzene rings is 1. The summed E-state index contributed by atoms with van der Waals surface area (Å²) in [4.78, 5) is 0. The van der Waals surface area contributed by atoms with Gasteiger partial charge in [-0.25, -0.2) is 0 Å². The Morgan fingerprint density at radius 1 is 1.50 bits per heavy atom. The van der Waals surface area contributed by atoms with Crippen molar-refractivity contribution in [3.05, 3.63) is 48.8 Å². The molecule has 0 radical (unpaired) electrons. The van der Waals surface area contributed by atoms with Crippen LogP contribution in [0.25, 0.3) is 10.9 Å². The van der Waals surface area contributed by atoms with Crippen molar-refractivity contribution in [3.63, 3.8) is 0 Å². The number of allylic oxidation sites excluding steroid dienone is 2. The van der Waals surface area contributed by atoms with Crippen molar-refractivity contribution in [2.45, 2.75) is 13.3 Å². The summed E-state index contributed by atoms with van der Waals surface area (Å²) in [6.45, 7) is 5.77. The number of nitrogens with zero attached hydrogens (tertiary/aromatic N) is 1. The van der Waals surface area contributed by atoms with Gasteiger partial charge < -0.3 is 5.32 Å². The molecular weight excluding hydrogens is 198 g/mol. The fourth-order valence-corrected chi connectivity index (χ4v) is 1.67. The molecular formula is C13H15N3. The summed E-state index contributed by atoms with van der Waals surface area (Å²) in [5.41, 5.74) is 3.47. The molecule has 0 saturated carbocycles. The second-order valence-electron chi connectivity index (χ2n) is 3.56. The lowest BCUT2D eigenvalue weighted by Gasteiger charge is -2.07. The molecule has 0 fully saturated rings. The minimum Gasteiger partial charge on any atom is -0.361 e. The van der Waals surface area contributed by atoms with Crippen LogP contribution in [0.2, 0.25) is 0 Å². The summed E-state index contributed by atoms with van der Waals surface area (Å²) in [6.07, 6.45) is 8.32. The van der Waals surface area contributed by atoms with Gasteiger partial charge in [-0.2, -0.15) is 5.10 Å². The number of hydrogen-bond donors (Lipinski definition) is 2. The summed E-state index contributed by atoms with van der Waals surface area (Å²) in [6, 6.07) is 4.23. The van der Waals surface area contributed by atoms with Gasteiger partial charge >= 0.3 is 0 Å². The maximum atomic E-state index is 4.03. The molecule has 0 saturated heterocycles. The minimum absolute atomic E-state index is 0.985. The second kappa shape index (κ2) is 4.66. The van der Waals surface area contributed by atoms with Gasteiger partial charge in [-0.3, -0.25) is 5.10 Å². The Hall–Kier alpha value is -2.03. The van der Waals surface area contributed by atoms with Crippen molar-refractivity contribution in [1.29, 1.82) is 0 Å². The number of fused-ring (bicyclic) bond motifs is 1. The molecule has 0 amide bonds. The van der Waals surface area contributed by atoms with Gasteiger partial charge in [-0.05, 0) is 30.2 Å². The monoisotopic (exact) mass is 213 g/mol. The predicted octanol–water partition coefficient (Wildman–Crippen LogP) is 3.24. The maximum absolute atomic E-state index is 4.03. The van der Waals surface area contributed by atoms with Gasteiger partial charge in [0.25, 0.3) is 0 Å². The number of anilines is 1. The fraction of sp³-hybridized carbons (Fsp3) is 0.154. The average molecular weight is 213 g/mol. The van der Waals surface area contributed by atoms with E-state index in [0.717, 1.165) is 23.0 Å². The first-order valence-electron chi connectivity index (χ1n) is 5.35. The third-order valence-electron chi connectivity index (χ3n) is 2.52. The summed E-state index contributed by atoms with van der Waals surface area (Å²) in [7, 11) is 0. The van der Waals surface area contributed by atoms with Crippen LogP contribution >= 0.6 is 0 Å². The van der Waals surface area contributed by atoms with Crippen molar-refractivity contribution in [3.8, 4) is 0 Å². The van der Waals surface area contributed by atoms with Crippen LogP contribution in [-0.2, 0) is 6.42 Å². The summed E-state index contributed by atoms with van der Waals surface area (Å²) in [5.74, 6) is 0. The fourth-order valence-electron chi connectivity index (χ4n) is 1.67. The number of aromatic amines is 1. The van der Waals surface area contributed by atoms with Gasteiger partial charge in [0.2, 0.25) is 0 Å². The lowest BCUT2D eigenvalue weighted by Crippen LogP contribution is -1.93. The second-order valence-corrected chi connectivity index (χ2v) is 3.56. The number of rotatable bonds is 4. The van der Waals surface area contributed by atoms with E-state index in [-0.39, 0.29) is 0 Å². The largest absolute Gasteiger partial charge is 0.361 e. The summed E-state index contributed by atoms with van der Waals surface area (Å²) in [5, 5.41) is 11.4. The Balaban J connectivity index is 2.40. The average Bonchev–Trinajstić information content (AvgIpc) is 2.75. The van der Waals surface area contributed by atoms with Gasteiger partial charge in [-0.1, -0.05) is 19.6 Å². The molecule has 1 aromatic heterocycles. The van der Waals surface area contributed by atoms with Crippen LogP contribution in [-0.4, -0.2) is 10.2 Å². The zero-order chi connectivity index (χ0) is 11.4. The first-order chi connectivity index (χ1) is 7.85. The van der Waals surface area contributed by atoms with Crippen LogP contribution in [0, 0.1) is 0 Å². The standard InChI is InChI=1S/C13H15N3/c1-3-5-6-14-12-8-11-9-15-16-13(11)7-10(12)4-2/h3,5-9,14H,1,4H2,2H3,(H,15,16)/b6-5+. The third-order valence-corrected chi connectivity index (χ3v) is 2.52. The molecule has 0 aliphatic heterocycles. The van der Waals surface area contributed by atoms with E-state index < -0.39 is 0 Å². The molecule has 0 bridgehead atoms. The topological polar surface area (TPSA) is 40.7 Å². The van der Waals surface area contributed by atoms with Crippen LogP contribution in [0.1, 0.15) is 12.5 Å². The smallest absolute Gasteiger partial charge is 0.0654 e. The van der Waals surface area contributed by atoms with E-state index >= 15 is 0 Å². The number of aryl methyl sites for hydroxylation is 1. The van der Waals surface area contributed by atoms with Gasteiger partial charge in [0.05, 0.1) is 11.7 Å². The van der Waals surface area contributed by atoms with E-state index in [9.17, 15) is 0 Å². The Labute approximate surface area is 94.9 Å². The molecule has 0 atom stereocenters. The van der Waals surface area contributed by atoms with Crippen LogP contribution in [0.3, 0.4) is 0 Å². The first-order valence-corrected chi connectivity index (χ1v) is 5.35. The van der Waals surface area contributed by atoms with Crippen LogP contribution < -0.4 is 5.32 Å². The van der Waals surface area contributed by atoms with E-state index in [1.54, 1.807) is 6.08 Å². The molecule has 0 spiro atoms. The molecule has 0 unspecified atom stereocenters. The Bertz CT molecular complexity index is 523. The van der Waals surface area contributed by atoms with Gasteiger partial charge in [0.1, 0.15) is 0 Å². The zero-order valence-electron chi connectivity index (χ0n) is 9.33. The SMILES string of the molecule is C=C/C=C/Nc1cc2cn[nH]c2cc1CC. The first kappa shape index (κ1) is 10.5. The van der Waals surface area contributed by atoms with Crippen molar-refractivity contribution in [2.75, 3.05) is 5.32 Å². The van der Waals surface area contributed by atoms with Crippen LogP contribution in [0.15, 0.2) is 43.3 Å². The molecule has 3 nitrogen and oxygen atoms in total. The van der Waals surface area contributed by atoms with E-state index in [4.69, 9.17) is 0 Å². The molecule has 0 aliphatic rings. The number of aromatic nitrogens is 2. The Morgan fingerprint density at radius 2 is 2.38 bits per heavy atom. The third kappa shape index (κ3) is 1.98. The predicted molar refractivity (Wildman–Crippen MR) is 68.4 cm³/mol. The van der Waals surface area contributed by atoms with E-state index in [1.807, 2.05) is 18.5 Å². The normalized spacial score (nSPS) is 11.1. The van der Waals surface area contributed by atoms with Crippen LogP contribution in [0.4, 0.5) is 5.69 Å². The van der Waals surface area contributed by atoms with Crippen molar-refractivity contribution in [2.24, 2.45) is 0 Å². The molecule has 2 aromatic rings. The van der Waals surface area contributed by atoms with Gasteiger partial charge in [0, 0.05) is 17.3 Å². The molecule has 0 aliphatic carbocycles. The number of hydrogen-bond acceptors (Lipinski definition) is 2. The highest BCUT2D eigenvalue weighted by atomic mass is 15.1. The highest BCUT2D eigenvalue weighted by Gasteiger charge is 2.03. The molecule has 3 heteroatoms. The van der Waals surface area contributed by atoms with E-state index in [1.165, 1.54) is 5.56 Å². The van der Waals surface area contributed by atoms with Gasteiger partial charge in [-0.15, -0.1) is 0 Å². The summed E-state index contributed by atoms with van der Waals surface area (Å²) >= 11 is 0. The van der Waals surface area contributed by atoms with E-state index in [2.05, 4.69) is 41.1 Å². The highest BCUT2D eigenvalue weighted by molar-refractivity contribution is 5.83. The van der Waals surface area contributed by atoms with E-state index in [0.29, 0.717) is 0 Å². The van der Waals surface area contributed by atoms with Crippen molar-refractivity contribution in [1.82, 2.24) is 10.2 Å². The molecule has 2 N–H and O–H groups in total. The highest BCUT2D eigenvalue weighted by Crippen LogP contribution is 2.23. The number of nitrogens with one attached hydrogen (secondary N) is 2. The maximum Gasteiger partial charge on any atom is 0.0654 e. The molecule has 1 heterocycles. The molecule has 16 heavy (non-hydrogen) atoms. The molecule has 82 valence electrons. The minimum atomic E-state index is 0.985. The van der Waals surface area contributed by atoms with Crippen LogP contribution in [0.5, 0.6) is 0 Å². The molecule has 2 rings (SSSR count). The van der Waals surface area contributed by atoms with Crippen molar-refractivity contribution < 1.29 is 0 Å². The van der Waals surface area contributed by atoms with Crippen molar-refractivity contribution >= 4 is 16.6 Å². The quantitative estimate of drug-likeness (QED) is 0.765. The lowest BCUT2D eigenvalue weighted by molar-refractivity contribution is 1.11. The number of H-pyrrole nitrogens is 1. The van der Waals surface area contributed by atoms with Gasteiger partial charge in [0.15, 0.2) is 0 Å². The zero-order valence-corrected chi connectivity index (χ0v) is 9.33. The Morgan fingerprint density at radius 3 is 3.12 bits per heavy atom. The lowest BCUT2D eigenvalue weighted by atomic mass is 10.1. The summed E-state index contributed by atoms with van der Waals surface area (Å²) < 4.78 is 0. The Kier molecular flexibility index (Phi) is 3.05. The molecule has 1 aromatic carbocycles.